The van der Waals surface area contributed by atoms with Crippen LogP contribution >= 0.6 is 0 Å². The minimum Gasteiger partial charge on any atom is -0.336 e. The monoisotopic (exact) mass is 405 g/mol. The first kappa shape index (κ1) is 21.0. The molecular weight excluding hydrogens is 374 g/mol. The lowest BCUT2D eigenvalue weighted by Gasteiger charge is -2.41. The van der Waals surface area contributed by atoms with E-state index in [2.05, 4.69) is 18.7 Å². The van der Waals surface area contributed by atoms with Crippen LogP contribution in [0.5, 0.6) is 0 Å². The van der Waals surface area contributed by atoms with Crippen LogP contribution in [0.2, 0.25) is 0 Å². The van der Waals surface area contributed by atoms with E-state index in [9.17, 15) is 13.2 Å². The molecule has 6 nitrogen and oxygen atoms in total. The van der Waals surface area contributed by atoms with Crippen LogP contribution in [-0.4, -0.2) is 73.2 Å². The highest BCUT2D eigenvalue weighted by molar-refractivity contribution is 7.92. The molecule has 0 radical (unpaired) electrons. The summed E-state index contributed by atoms with van der Waals surface area (Å²) in [5.74, 6) is 0.167. The second-order valence-electron chi connectivity index (χ2n) is 7.86. The van der Waals surface area contributed by atoms with E-state index in [0.717, 1.165) is 18.4 Å². The number of piperidine rings is 1. The van der Waals surface area contributed by atoms with Crippen molar-refractivity contribution in [2.75, 3.05) is 32.7 Å². The van der Waals surface area contributed by atoms with E-state index < -0.39 is 10.0 Å². The molecule has 2 fully saturated rings. The largest absolute Gasteiger partial charge is 0.336 e. The third-order valence-electron chi connectivity index (χ3n) is 5.76. The Labute approximate surface area is 168 Å². The Hall–Kier alpha value is -1.70. The maximum absolute atomic E-state index is 12.8. The molecule has 2 aliphatic rings. The van der Waals surface area contributed by atoms with E-state index in [0.29, 0.717) is 44.8 Å². The van der Waals surface area contributed by atoms with E-state index in [1.165, 1.54) is 16.1 Å². The number of carbonyl (C=O) groups excluding carboxylic acids is 1. The molecule has 2 aliphatic heterocycles. The van der Waals surface area contributed by atoms with Gasteiger partial charge in [0.2, 0.25) is 15.9 Å². The number of nitrogens with zero attached hydrogens (tertiary/aromatic N) is 3. The van der Waals surface area contributed by atoms with Crippen molar-refractivity contribution in [1.29, 1.82) is 0 Å². The molecule has 1 aromatic carbocycles. The molecule has 0 bridgehead atoms. The molecule has 2 saturated heterocycles. The zero-order valence-electron chi connectivity index (χ0n) is 16.8. The molecule has 7 heteroatoms. The lowest BCUT2D eigenvalue weighted by molar-refractivity contribution is -0.138. The van der Waals surface area contributed by atoms with Crippen LogP contribution in [0.1, 0.15) is 38.7 Å². The Morgan fingerprint density at radius 3 is 2.25 bits per heavy atom. The molecular formula is C21H31N3O3S. The van der Waals surface area contributed by atoms with Crippen LogP contribution in [-0.2, 0) is 14.8 Å². The lowest BCUT2D eigenvalue weighted by atomic mass is 9.97. The van der Waals surface area contributed by atoms with Crippen molar-refractivity contribution < 1.29 is 13.2 Å². The molecule has 0 aliphatic carbocycles. The summed E-state index contributed by atoms with van der Waals surface area (Å²) in [5.41, 5.74) is 0.861. The van der Waals surface area contributed by atoms with Crippen LogP contribution in [0.15, 0.2) is 35.7 Å². The highest BCUT2D eigenvalue weighted by atomic mass is 32.2. The SMILES string of the molecule is CC1CCCC(C)N1C(=O)CN1CCN(S(=O)(=O)/C=C/c2ccccc2)CC1. The first-order valence-corrected chi connectivity index (χ1v) is 11.6. The van der Waals surface area contributed by atoms with Gasteiger partial charge in [-0.1, -0.05) is 30.3 Å². The first-order chi connectivity index (χ1) is 13.4. The quantitative estimate of drug-likeness (QED) is 0.755. The topological polar surface area (TPSA) is 60.9 Å². The van der Waals surface area contributed by atoms with Gasteiger partial charge >= 0.3 is 0 Å². The number of benzene rings is 1. The number of amides is 1. The fourth-order valence-electron chi connectivity index (χ4n) is 4.14. The van der Waals surface area contributed by atoms with Gasteiger partial charge in [0.05, 0.1) is 6.54 Å². The van der Waals surface area contributed by atoms with Crippen molar-refractivity contribution in [2.45, 2.75) is 45.2 Å². The molecule has 1 aromatic rings. The molecule has 2 atom stereocenters. The number of likely N-dealkylation sites (tertiary alicyclic amines) is 1. The van der Waals surface area contributed by atoms with Crippen molar-refractivity contribution in [2.24, 2.45) is 0 Å². The van der Waals surface area contributed by atoms with Gasteiger partial charge in [0.25, 0.3) is 0 Å². The lowest BCUT2D eigenvalue weighted by Crippen LogP contribution is -2.54. The summed E-state index contributed by atoms with van der Waals surface area (Å²) >= 11 is 0. The summed E-state index contributed by atoms with van der Waals surface area (Å²) in [5, 5.41) is 1.28. The van der Waals surface area contributed by atoms with Crippen molar-refractivity contribution in [3.05, 3.63) is 41.3 Å². The maximum atomic E-state index is 12.8. The van der Waals surface area contributed by atoms with Crippen molar-refractivity contribution in [3.8, 4) is 0 Å². The number of carbonyl (C=O) groups is 1. The van der Waals surface area contributed by atoms with Gasteiger partial charge in [0.15, 0.2) is 0 Å². The summed E-state index contributed by atoms with van der Waals surface area (Å²) in [6.45, 7) is 6.62. The molecule has 3 rings (SSSR count). The van der Waals surface area contributed by atoms with E-state index in [4.69, 9.17) is 0 Å². The number of piperazine rings is 1. The van der Waals surface area contributed by atoms with Gasteiger partial charge in [-0.15, -0.1) is 0 Å². The highest BCUT2D eigenvalue weighted by Crippen LogP contribution is 2.23. The summed E-state index contributed by atoms with van der Waals surface area (Å²) in [6.07, 6.45) is 4.94. The molecule has 0 saturated carbocycles. The molecule has 0 spiro atoms. The molecule has 1 amide bonds. The zero-order valence-corrected chi connectivity index (χ0v) is 17.6. The van der Waals surface area contributed by atoms with E-state index in [1.54, 1.807) is 6.08 Å². The van der Waals surface area contributed by atoms with Gasteiger partial charge in [0, 0.05) is 43.7 Å². The molecule has 2 heterocycles. The first-order valence-electron chi connectivity index (χ1n) is 10.1. The average molecular weight is 406 g/mol. The van der Waals surface area contributed by atoms with Gasteiger partial charge < -0.3 is 4.90 Å². The minimum absolute atomic E-state index is 0.167. The van der Waals surface area contributed by atoms with Gasteiger partial charge in [-0.3, -0.25) is 9.69 Å². The van der Waals surface area contributed by atoms with Crippen LogP contribution in [0.4, 0.5) is 0 Å². The highest BCUT2D eigenvalue weighted by Gasteiger charge is 2.31. The Balaban J connectivity index is 1.52. The van der Waals surface area contributed by atoms with Crippen LogP contribution in [0.3, 0.4) is 0 Å². The zero-order chi connectivity index (χ0) is 20.1. The van der Waals surface area contributed by atoms with Gasteiger partial charge in [-0.2, -0.15) is 4.31 Å². The summed E-state index contributed by atoms with van der Waals surface area (Å²) in [6, 6.07) is 9.99. The van der Waals surface area contributed by atoms with Crippen molar-refractivity contribution in [1.82, 2.24) is 14.1 Å². The van der Waals surface area contributed by atoms with Gasteiger partial charge in [0.1, 0.15) is 0 Å². The predicted molar refractivity (Wildman–Crippen MR) is 112 cm³/mol. The van der Waals surface area contributed by atoms with Crippen molar-refractivity contribution >= 4 is 22.0 Å². The normalized spacial score (nSPS) is 25.3. The summed E-state index contributed by atoms with van der Waals surface area (Å²) in [7, 11) is -3.44. The molecule has 28 heavy (non-hydrogen) atoms. The maximum Gasteiger partial charge on any atom is 0.237 e. The van der Waals surface area contributed by atoms with Crippen LogP contribution < -0.4 is 0 Å². The Kier molecular flexibility index (Phi) is 6.91. The molecule has 0 aromatic heterocycles. The van der Waals surface area contributed by atoms with Crippen LogP contribution in [0, 0.1) is 0 Å². The second kappa shape index (κ2) is 9.20. The van der Waals surface area contributed by atoms with E-state index in [1.807, 2.05) is 35.2 Å². The standard InChI is InChI=1S/C21H31N3O3S/c1-18-7-6-8-19(2)24(18)21(25)17-22-12-14-23(15-13-22)28(26,27)16-11-20-9-4-3-5-10-20/h3-5,9-11,16,18-19H,6-8,12-15,17H2,1-2H3/b16-11+. The fourth-order valence-corrected chi connectivity index (χ4v) is 5.32. The average Bonchev–Trinajstić information content (AvgIpc) is 2.68. The summed E-state index contributed by atoms with van der Waals surface area (Å²) < 4.78 is 26.6. The Morgan fingerprint density at radius 1 is 1.04 bits per heavy atom. The van der Waals surface area contributed by atoms with Crippen LogP contribution in [0.25, 0.3) is 6.08 Å². The fraction of sp³-hybridized carbons (Fsp3) is 0.571. The third kappa shape index (κ3) is 5.21. The van der Waals surface area contributed by atoms with E-state index in [-0.39, 0.29) is 5.91 Å². The number of hydrogen-bond donors (Lipinski definition) is 0. The number of hydrogen-bond acceptors (Lipinski definition) is 4. The van der Waals surface area contributed by atoms with Gasteiger partial charge in [-0.05, 0) is 44.7 Å². The smallest absolute Gasteiger partial charge is 0.237 e. The Bertz CT molecular complexity index is 776. The predicted octanol–water partition coefficient (Wildman–Crippen LogP) is 2.39. The van der Waals surface area contributed by atoms with E-state index >= 15 is 0 Å². The molecule has 154 valence electrons. The number of sulfonamides is 1. The molecule has 2 unspecified atom stereocenters. The molecule has 0 N–H and O–H groups in total. The minimum atomic E-state index is -3.44. The summed E-state index contributed by atoms with van der Waals surface area (Å²) in [4.78, 5) is 16.9. The van der Waals surface area contributed by atoms with Crippen molar-refractivity contribution in [3.63, 3.8) is 0 Å². The Morgan fingerprint density at radius 2 is 1.64 bits per heavy atom. The van der Waals surface area contributed by atoms with Gasteiger partial charge in [-0.25, -0.2) is 8.42 Å². The third-order valence-corrected chi connectivity index (χ3v) is 7.33. The number of rotatable bonds is 5. The second-order valence-corrected chi connectivity index (χ2v) is 9.68.